The molecule has 0 saturated heterocycles. The van der Waals surface area contributed by atoms with Gasteiger partial charge in [0.25, 0.3) is 0 Å². The lowest BCUT2D eigenvalue weighted by atomic mass is 9.85. The van der Waals surface area contributed by atoms with Crippen LogP contribution in [0.3, 0.4) is 0 Å². The number of hydrogen-bond donors (Lipinski definition) is 2. The topological polar surface area (TPSA) is 76.4 Å². The summed E-state index contributed by atoms with van der Waals surface area (Å²) in [5, 5.41) is 7.18. The van der Waals surface area contributed by atoms with E-state index in [9.17, 15) is 0 Å². The van der Waals surface area contributed by atoms with Gasteiger partial charge in [-0.05, 0) is 32.6 Å². The third kappa shape index (κ3) is 3.49. The Hall–Kier alpha value is -1.52. The maximum Gasteiger partial charge on any atom is 0.188 e. The Balaban J connectivity index is 1.82. The first-order valence-corrected chi connectivity index (χ1v) is 7.04. The van der Waals surface area contributed by atoms with Gasteiger partial charge >= 0.3 is 0 Å². The van der Waals surface area contributed by atoms with E-state index in [-0.39, 0.29) is 5.92 Å². The van der Waals surface area contributed by atoms with Crippen molar-refractivity contribution in [1.29, 1.82) is 0 Å². The number of aryl methyl sites for hydroxylation is 2. The van der Waals surface area contributed by atoms with Gasteiger partial charge in [0.15, 0.2) is 5.96 Å². The summed E-state index contributed by atoms with van der Waals surface area (Å²) in [6.45, 7) is 7.63. The molecule has 0 amide bonds. The van der Waals surface area contributed by atoms with Crippen molar-refractivity contribution in [1.82, 2.24) is 10.5 Å². The highest BCUT2D eigenvalue weighted by atomic mass is 16.5. The zero-order valence-electron chi connectivity index (χ0n) is 12.1. The summed E-state index contributed by atoms with van der Waals surface area (Å²) in [5.41, 5.74) is 7.97. The van der Waals surface area contributed by atoms with E-state index in [1.54, 1.807) is 0 Å². The molecule has 1 unspecified atom stereocenters. The lowest BCUT2D eigenvalue weighted by Gasteiger charge is -2.25. The van der Waals surface area contributed by atoms with Gasteiger partial charge in [0, 0.05) is 24.6 Å². The molecule has 5 heteroatoms. The SMILES string of the molecule is Cc1noc(C)c1C(C)CN=C(N)NCC1CCC1. The second kappa shape index (κ2) is 6.08. The lowest BCUT2D eigenvalue weighted by Crippen LogP contribution is -2.37. The first-order valence-electron chi connectivity index (χ1n) is 7.04. The molecule has 1 saturated carbocycles. The highest BCUT2D eigenvalue weighted by Crippen LogP contribution is 2.25. The number of nitrogens with one attached hydrogen (secondary N) is 1. The summed E-state index contributed by atoms with van der Waals surface area (Å²) in [7, 11) is 0. The molecule has 1 aliphatic carbocycles. The summed E-state index contributed by atoms with van der Waals surface area (Å²) >= 11 is 0. The van der Waals surface area contributed by atoms with Gasteiger partial charge in [-0.3, -0.25) is 4.99 Å². The van der Waals surface area contributed by atoms with Crippen LogP contribution in [-0.2, 0) is 0 Å². The van der Waals surface area contributed by atoms with Gasteiger partial charge in [-0.1, -0.05) is 18.5 Å². The van der Waals surface area contributed by atoms with E-state index in [1.165, 1.54) is 19.3 Å². The van der Waals surface area contributed by atoms with Crippen LogP contribution in [-0.4, -0.2) is 24.2 Å². The van der Waals surface area contributed by atoms with Crippen LogP contribution in [0.15, 0.2) is 9.52 Å². The van der Waals surface area contributed by atoms with Crippen molar-refractivity contribution in [2.75, 3.05) is 13.1 Å². The number of rotatable bonds is 5. The molecule has 1 aromatic heterocycles. The van der Waals surface area contributed by atoms with E-state index in [2.05, 4.69) is 22.4 Å². The second-order valence-electron chi connectivity index (χ2n) is 5.54. The average molecular weight is 264 g/mol. The number of nitrogens with zero attached hydrogens (tertiary/aromatic N) is 2. The molecular formula is C14H24N4O. The molecule has 106 valence electrons. The van der Waals surface area contributed by atoms with Gasteiger partial charge in [-0.15, -0.1) is 0 Å². The van der Waals surface area contributed by atoms with Crippen molar-refractivity contribution in [2.45, 2.75) is 46.0 Å². The minimum atomic E-state index is 0.273. The molecule has 0 spiro atoms. The Morgan fingerprint density at radius 1 is 1.53 bits per heavy atom. The normalized spacial score (nSPS) is 18.2. The first-order chi connectivity index (χ1) is 9.08. The van der Waals surface area contributed by atoms with Gasteiger partial charge < -0.3 is 15.6 Å². The molecule has 5 nitrogen and oxygen atoms in total. The Labute approximate surface area is 114 Å². The molecule has 1 aliphatic rings. The highest BCUT2D eigenvalue weighted by molar-refractivity contribution is 5.77. The molecule has 3 N–H and O–H groups in total. The molecule has 0 radical (unpaired) electrons. The van der Waals surface area contributed by atoms with Crippen LogP contribution in [0.25, 0.3) is 0 Å². The molecule has 1 aromatic rings. The summed E-state index contributed by atoms with van der Waals surface area (Å²) in [6.07, 6.45) is 3.98. The summed E-state index contributed by atoms with van der Waals surface area (Å²) in [5.74, 6) is 2.48. The fourth-order valence-electron chi connectivity index (χ4n) is 2.52. The predicted octanol–water partition coefficient (Wildman–Crippen LogP) is 2.10. The molecule has 19 heavy (non-hydrogen) atoms. The van der Waals surface area contributed by atoms with Crippen molar-refractivity contribution >= 4 is 5.96 Å². The maximum atomic E-state index is 5.88. The van der Waals surface area contributed by atoms with Gasteiger partial charge in [-0.2, -0.15) is 0 Å². The quantitative estimate of drug-likeness (QED) is 0.630. The first kappa shape index (κ1) is 13.9. The van der Waals surface area contributed by atoms with E-state index in [0.29, 0.717) is 12.5 Å². The van der Waals surface area contributed by atoms with E-state index in [0.717, 1.165) is 29.5 Å². The number of aromatic nitrogens is 1. The van der Waals surface area contributed by atoms with Crippen LogP contribution in [0.2, 0.25) is 0 Å². The monoisotopic (exact) mass is 264 g/mol. The van der Waals surface area contributed by atoms with Gasteiger partial charge in [-0.25, -0.2) is 0 Å². The summed E-state index contributed by atoms with van der Waals surface area (Å²) in [6, 6.07) is 0. The molecular weight excluding hydrogens is 240 g/mol. The predicted molar refractivity (Wildman–Crippen MR) is 76.2 cm³/mol. The third-order valence-corrected chi connectivity index (χ3v) is 3.91. The number of aliphatic imine (C=N–C) groups is 1. The number of nitrogens with two attached hydrogens (primary N) is 1. The van der Waals surface area contributed by atoms with Crippen LogP contribution >= 0.6 is 0 Å². The Bertz CT molecular complexity index is 429. The van der Waals surface area contributed by atoms with Gasteiger partial charge in [0.05, 0.1) is 5.69 Å². The molecule has 1 heterocycles. The second-order valence-corrected chi connectivity index (χ2v) is 5.54. The Morgan fingerprint density at radius 2 is 2.26 bits per heavy atom. The molecule has 1 fully saturated rings. The van der Waals surface area contributed by atoms with E-state index >= 15 is 0 Å². The van der Waals surface area contributed by atoms with E-state index in [1.807, 2.05) is 13.8 Å². The van der Waals surface area contributed by atoms with Crippen molar-refractivity contribution < 1.29 is 4.52 Å². The van der Waals surface area contributed by atoms with Gasteiger partial charge in [0.1, 0.15) is 5.76 Å². The molecule has 0 bridgehead atoms. The number of guanidine groups is 1. The largest absolute Gasteiger partial charge is 0.370 e. The van der Waals surface area contributed by atoms with Crippen LogP contribution < -0.4 is 11.1 Å². The minimum Gasteiger partial charge on any atom is -0.370 e. The molecule has 0 aliphatic heterocycles. The zero-order valence-corrected chi connectivity index (χ0v) is 12.1. The third-order valence-electron chi connectivity index (χ3n) is 3.91. The Kier molecular flexibility index (Phi) is 4.45. The van der Waals surface area contributed by atoms with Crippen LogP contribution in [0.5, 0.6) is 0 Å². The summed E-state index contributed by atoms with van der Waals surface area (Å²) < 4.78 is 5.18. The smallest absolute Gasteiger partial charge is 0.188 e. The highest BCUT2D eigenvalue weighted by Gasteiger charge is 2.18. The van der Waals surface area contributed by atoms with Crippen molar-refractivity contribution in [3.05, 3.63) is 17.0 Å². The molecule has 1 atom stereocenters. The fraction of sp³-hybridized carbons (Fsp3) is 0.714. The fourth-order valence-corrected chi connectivity index (χ4v) is 2.52. The lowest BCUT2D eigenvalue weighted by molar-refractivity contribution is 0.315. The minimum absolute atomic E-state index is 0.273. The van der Waals surface area contributed by atoms with E-state index in [4.69, 9.17) is 10.3 Å². The van der Waals surface area contributed by atoms with Crippen molar-refractivity contribution in [2.24, 2.45) is 16.6 Å². The van der Waals surface area contributed by atoms with Crippen LogP contribution in [0, 0.1) is 19.8 Å². The number of hydrogen-bond acceptors (Lipinski definition) is 3. The van der Waals surface area contributed by atoms with Crippen LogP contribution in [0.4, 0.5) is 0 Å². The maximum absolute atomic E-state index is 5.88. The van der Waals surface area contributed by atoms with Crippen molar-refractivity contribution in [3.63, 3.8) is 0 Å². The standard InChI is InChI=1S/C14H24N4O/c1-9(13-10(2)18-19-11(13)3)7-16-14(15)17-8-12-5-4-6-12/h9,12H,4-8H2,1-3H3,(H3,15,16,17). The Morgan fingerprint density at radius 3 is 2.79 bits per heavy atom. The zero-order chi connectivity index (χ0) is 13.8. The van der Waals surface area contributed by atoms with Crippen LogP contribution in [0.1, 0.15) is 49.1 Å². The van der Waals surface area contributed by atoms with Gasteiger partial charge in [0.2, 0.25) is 0 Å². The summed E-state index contributed by atoms with van der Waals surface area (Å²) in [4.78, 5) is 4.41. The molecule has 2 rings (SSSR count). The average Bonchev–Trinajstić information content (AvgIpc) is 2.64. The van der Waals surface area contributed by atoms with Crippen molar-refractivity contribution in [3.8, 4) is 0 Å². The molecule has 0 aromatic carbocycles. The van der Waals surface area contributed by atoms with E-state index < -0.39 is 0 Å².